The number of carbonyl (C=O) groups excluding carboxylic acids is 4. The van der Waals surface area contributed by atoms with E-state index in [2.05, 4.69) is 25.9 Å². The molecule has 0 aromatic carbocycles. The molecule has 4 amide bonds. The average Bonchev–Trinajstić information content (AvgIpc) is 3.18. The van der Waals surface area contributed by atoms with Crippen LogP contribution in [-0.2, 0) is 30.4 Å². The first-order chi connectivity index (χ1) is 14.4. The number of aliphatic hydroxyl groups excluding tert-OH is 1. The Balaban J connectivity index is 2.82. The number of nitrogens with zero attached hydrogens (tertiary/aromatic N) is 1. The molecule has 5 unspecified atom stereocenters. The fourth-order valence-electron chi connectivity index (χ4n) is 2.39. The Hall–Kier alpha value is -3.52. The van der Waals surface area contributed by atoms with Crippen LogP contribution in [0.5, 0.6) is 0 Å². The number of carboxylic acid groups (broad SMARTS) is 1. The topological polar surface area (TPSA) is 243 Å². The number of H-pyrrole nitrogens is 1. The van der Waals surface area contributed by atoms with E-state index in [1.165, 1.54) is 26.4 Å². The zero-order valence-electron chi connectivity index (χ0n) is 17.0. The summed E-state index contributed by atoms with van der Waals surface area (Å²) in [6.45, 7) is 2.59. The van der Waals surface area contributed by atoms with Crippen LogP contribution in [0.2, 0.25) is 0 Å². The second-order valence-electron chi connectivity index (χ2n) is 6.91. The van der Waals surface area contributed by atoms with Gasteiger partial charge in [0, 0.05) is 18.3 Å². The molecule has 172 valence electrons. The van der Waals surface area contributed by atoms with Gasteiger partial charge in [-0.15, -0.1) is 0 Å². The summed E-state index contributed by atoms with van der Waals surface area (Å²) < 4.78 is 0. The van der Waals surface area contributed by atoms with Crippen molar-refractivity contribution in [1.29, 1.82) is 0 Å². The molecule has 0 bridgehead atoms. The fraction of sp³-hybridized carbons (Fsp3) is 0.529. The third-order valence-electron chi connectivity index (χ3n) is 4.21. The number of amides is 4. The molecule has 0 saturated heterocycles. The Labute approximate surface area is 177 Å². The minimum Gasteiger partial charge on any atom is -0.480 e. The fourth-order valence-corrected chi connectivity index (χ4v) is 2.39. The van der Waals surface area contributed by atoms with Crippen LogP contribution in [0.4, 0.5) is 0 Å². The van der Waals surface area contributed by atoms with Gasteiger partial charge in [0.15, 0.2) is 0 Å². The van der Waals surface area contributed by atoms with Crippen LogP contribution in [0.3, 0.4) is 0 Å². The summed E-state index contributed by atoms with van der Waals surface area (Å²) in [5.41, 5.74) is 11.0. The quantitative estimate of drug-likeness (QED) is 0.158. The maximum atomic E-state index is 12.5. The average molecular weight is 441 g/mol. The molecule has 0 aliphatic rings. The summed E-state index contributed by atoms with van der Waals surface area (Å²) in [4.78, 5) is 66.0. The van der Waals surface area contributed by atoms with E-state index in [4.69, 9.17) is 11.5 Å². The maximum Gasteiger partial charge on any atom is 0.326 e. The van der Waals surface area contributed by atoms with E-state index in [-0.39, 0.29) is 6.42 Å². The molecular formula is C17H27N7O7. The van der Waals surface area contributed by atoms with Gasteiger partial charge in [-0.1, -0.05) is 0 Å². The van der Waals surface area contributed by atoms with Gasteiger partial charge in [-0.2, -0.15) is 0 Å². The molecule has 1 heterocycles. The second kappa shape index (κ2) is 11.6. The Morgan fingerprint density at radius 2 is 1.68 bits per heavy atom. The van der Waals surface area contributed by atoms with Crippen molar-refractivity contribution in [2.45, 2.75) is 57.0 Å². The number of carboxylic acids is 1. The first-order valence-corrected chi connectivity index (χ1v) is 9.25. The summed E-state index contributed by atoms with van der Waals surface area (Å²) >= 11 is 0. The molecule has 0 aliphatic heterocycles. The predicted molar refractivity (Wildman–Crippen MR) is 105 cm³/mol. The molecule has 0 radical (unpaired) electrons. The highest BCUT2D eigenvalue weighted by Gasteiger charge is 2.30. The summed E-state index contributed by atoms with van der Waals surface area (Å²) in [5.74, 6) is -4.89. The monoisotopic (exact) mass is 441 g/mol. The number of aromatic amines is 1. The van der Waals surface area contributed by atoms with Crippen molar-refractivity contribution < 1.29 is 34.2 Å². The van der Waals surface area contributed by atoms with Crippen LogP contribution in [-0.4, -0.2) is 80.1 Å². The van der Waals surface area contributed by atoms with Gasteiger partial charge >= 0.3 is 5.97 Å². The zero-order valence-corrected chi connectivity index (χ0v) is 17.0. The van der Waals surface area contributed by atoms with Gasteiger partial charge in [-0.3, -0.25) is 19.2 Å². The molecule has 1 aromatic rings. The Morgan fingerprint density at radius 3 is 2.16 bits per heavy atom. The van der Waals surface area contributed by atoms with E-state index in [1.807, 2.05) is 0 Å². The van der Waals surface area contributed by atoms with Crippen molar-refractivity contribution in [2.24, 2.45) is 11.5 Å². The smallest absolute Gasteiger partial charge is 0.326 e. The molecule has 0 fully saturated rings. The van der Waals surface area contributed by atoms with Crippen molar-refractivity contribution in [1.82, 2.24) is 25.9 Å². The SMILES string of the molecule is CC(NC(=O)C(N)C(C)O)C(=O)NC(CC(N)=O)C(=O)NC(Cc1cnc[nH]1)C(=O)O. The van der Waals surface area contributed by atoms with Gasteiger partial charge in [-0.25, -0.2) is 9.78 Å². The van der Waals surface area contributed by atoms with Gasteiger partial charge < -0.3 is 42.6 Å². The lowest BCUT2D eigenvalue weighted by molar-refractivity contribution is -0.142. The number of primary amides is 1. The summed E-state index contributed by atoms with van der Waals surface area (Å²) in [7, 11) is 0. The number of aromatic nitrogens is 2. The van der Waals surface area contributed by atoms with E-state index in [9.17, 15) is 34.2 Å². The highest BCUT2D eigenvalue weighted by Crippen LogP contribution is 2.02. The van der Waals surface area contributed by atoms with Gasteiger partial charge in [0.05, 0.1) is 18.9 Å². The lowest BCUT2D eigenvalue weighted by atomic mass is 10.1. The number of rotatable bonds is 12. The molecule has 10 N–H and O–H groups in total. The molecule has 5 atom stereocenters. The van der Waals surface area contributed by atoms with Crippen molar-refractivity contribution in [3.05, 3.63) is 18.2 Å². The van der Waals surface area contributed by atoms with Crippen LogP contribution in [0.1, 0.15) is 26.0 Å². The molecule has 14 nitrogen and oxygen atoms in total. The van der Waals surface area contributed by atoms with Gasteiger partial charge in [0.1, 0.15) is 24.2 Å². The standard InChI is InChI=1S/C17H27N7O7/c1-7(22-16(29)13(19)8(2)25)14(27)23-10(4-12(18)26)15(28)24-11(17(30)31)3-9-5-20-6-21-9/h5-8,10-11,13,25H,3-4,19H2,1-2H3,(H2,18,26)(H,20,21)(H,22,29)(H,23,27)(H,24,28)(H,30,31). The highest BCUT2D eigenvalue weighted by molar-refractivity contribution is 5.96. The highest BCUT2D eigenvalue weighted by atomic mass is 16.4. The summed E-state index contributed by atoms with van der Waals surface area (Å²) in [5, 5.41) is 25.4. The van der Waals surface area contributed by atoms with E-state index in [0.717, 1.165) is 0 Å². The number of nitrogens with two attached hydrogens (primary N) is 2. The van der Waals surface area contributed by atoms with Gasteiger partial charge in [-0.05, 0) is 13.8 Å². The van der Waals surface area contributed by atoms with Crippen molar-refractivity contribution in [3.63, 3.8) is 0 Å². The van der Waals surface area contributed by atoms with E-state index in [0.29, 0.717) is 5.69 Å². The number of carbonyl (C=O) groups is 5. The Bertz CT molecular complexity index is 797. The number of hydrogen-bond acceptors (Lipinski definition) is 8. The lowest BCUT2D eigenvalue weighted by Gasteiger charge is -2.23. The first kappa shape index (κ1) is 25.5. The van der Waals surface area contributed by atoms with Crippen molar-refractivity contribution in [3.8, 4) is 0 Å². The largest absolute Gasteiger partial charge is 0.480 e. The minimum absolute atomic E-state index is 0.123. The Kier molecular flexibility index (Phi) is 9.56. The normalized spacial score (nSPS) is 15.6. The number of imidazole rings is 1. The molecule has 0 saturated carbocycles. The van der Waals surface area contributed by atoms with Crippen LogP contribution >= 0.6 is 0 Å². The summed E-state index contributed by atoms with van der Waals surface area (Å²) in [6.07, 6.45) is 0.828. The van der Waals surface area contributed by atoms with E-state index in [1.54, 1.807) is 0 Å². The molecule has 14 heteroatoms. The molecule has 1 rings (SSSR count). The minimum atomic E-state index is -1.49. The van der Waals surface area contributed by atoms with E-state index >= 15 is 0 Å². The van der Waals surface area contributed by atoms with Crippen LogP contribution in [0.25, 0.3) is 0 Å². The first-order valence-electron chi connectivity index (χ1n) is 9.25. The van der Waals surface area contributed by atoms with Crippen LogP contribution in [0.15, 0.2) is 12.5 Å². The third-order valence-corrected chi connectivity index (χ3v) is 4.21. The molecule has 0 spiro atoms. The molecular weight excluding hydrogens is 414 g/mol. The summed E-state index contributed by atoms with van der Waals surface area (Å²) in [6, 6.07) is -5.32. The number of nitrogens with one attached hydrogen (secondary N) is 4. The Morgan fingerprint density at radius 1 is 1.06 bits per heavy atom. The van der Waals surface area contributed by atoms with Crippen molar-refractivity contribution >= 4 is 29.6 Å². The lowest BCUT2D eigenvalue weighted by Crippen LogP contribution is -2.58. The number of aliphatic carboxylic acids is 1. The number of aliphatic hydroxyl groups is 1. The maximum absolute atomic E-state index is 12.5. The second-order valence-corrected chi connectivity index (χ2v) is 6.91. The van der Waals surface area contributed by atoms with Gasteiger partial charge in [0.2, 0.25) is 23.6 Å². The van der Waals surface area contributed by atoms with Crippen molar-refractivity contribution in [2.75, 3.05) is 0 Å². The predicted octanol–water partition coefficient (Wildman–Crippen LogP) is -3.91. The van der Waals surface area contributed by atoms with Crippen LogP contribution < -0.4 is 27.4 Å². The molecule has 31 heavy (non-hydrogen) atoms. The van der Waals surface area contributed by atoms with Crippen LogP contribution in [0, 0.1) is 0 Å². The molecule has 1 aromatic heterocycles. The van der Waals surface area contributed by atoms with E-state index < -0.39 is 66.3 Å². The zero-order chi connectivity index (χ0) is 23.7. The molecule has 0 aliphatic carbocycles. The number of hydrogen-bond donors (Lipinski definition) is 8. The van der Waals surface area contributed by atoms with Gasteiger partial charge in [0.25, 0.3) is 0 Å². The third kappa shape index (κ3) is 8.39.